The molecular formula is C18H19N3O2. The van der Waals surface area contributed by atoms with Crippen LogP contribution in [0.15, 0.2) is 30.5 Å². The van der Waals surface area contributed by atoms with Crippen LogP contribution in [0.25, 0.3) is 22.0 Å². The second-order valence-electron chi connectivity index (χ2n) is 6.14. The molecule has 0 bridgehead atoms. The molecule has 5 heteroatoms. The highest BCUT2D eigenvalue weighted by molar-refractivity contribution is 6.01. The molecule has 2 N–H and O–H groups in total. The van der Waals surface area contributed by atoms with E-state index in [4.69, 9.17) is 0 Å². The second kappa shape index (κ2) is 5.57. The first-order valence-electron chi connectivity index (χ1n) is 8.14. The molecule has 0 unspecified atom stereocenters. The number of rotatable bonds is 1. The van der Waals surface area contributed by atoms with E-state index in [1.165, 1.54) is 0 Å². The fourth-order valence-electron chi connectivity index (χ4n) is 3.61. The van der Waals surface area contributed by atoms with Crippen molar-refractivity contribution in [3.8, 4) is 11.1 Å². The molecule has 1 aromatic carbocycles. The number of H-pyrrole nitrogens is 1. The lowest BCUT2D eigenvalue weighted by atomic mass is 10.0. The number of aromatic amines is 1. The highest BCUT2D eigenvalue weighted by atomic mass is 16.4. The van der Waals surface area contributed by atoms with E-state index < -0.39 is 5.97 Å². The molecule has 0 saturated carbocycles. The molecule has 4 rings (SSSR count). The Morgan fingerprint density at radius 3 is 2.91 bits per heavy atom. The van der Waals surface area contributed by atoms with Crippen LogP contribution in [-0.4, -0.2) is 25.8 Å². The van der Waals surface area contributed by atoms with Gasteiger partial charge in [0.2, 0.25) is 0 Å². The molecule has 1 aliphatic rings. The number of aryl methyl sites for hydroxylation is 2. The Bertz CT molecular complexity index is 876. The van der Waals surface area contributed by atoms with Crippen molar-refractivity contribution in [3.63, 3.8) is 0 Å². The number of hydrogen-bond donors (Lipinski definition) is 2. The Hall–Kier alpha value is -2.56. The number of hydrogen-bond acceptors (Lipinski definition) is 2. The summed E-state index contributed by atoms with van der Waals surface area (Å²) in [4.78, 5) is 11.7. The topological polar surface area (TPSA) is 70.9 Å². The molecule has 0 saturated heterocycles. The summed E-state index contributed by atoms with van der Waals surface area (Å²) in [7, 11) is 0. The zero-order chi connectivity index (χ0) is 15.8. The van der Waals surface area contributed by atoms with E-state index in [-0.39, 0.29) is 0 Å². The summed E-state index contributed by atoms with van der Waals surface area (Å²) in [5.41, 5.74) is 4.62. The van der Waals surface area contributed by atoms with Crippen LogP contribution in [0.5, 0.6) is 0 Å². The zero-order valence-electron chi connectivity index (χ0n) is 12.9. The molecule has 3 heterocycles. The number of nitrogens with zero attached hydrogens (tertiary/aromatic N) is 2. The number of aromatic carboxylic acids is 1. The molecule has 1 aliphatic heterocycles. The van der Waals surface area contributed by atoms with Crippen LogP contribution in [-0.2, 0) is 13.0 Å². The number of carbonyl (C=O) groups is 1. The lowest BCUT2D eigenvalue weighted by Crippen LogP contribution is -2.09. The predicted molar refractivity (Wildman–Crippen MR) is 88.7 cm³/mol. The first-order chi connectivity index (χ1) is 11.3. The molecule has 23 heavy (non-hydrogen) atoms. The van der Waals surface area contributed by atoms with Gasteiger partial charge >= 0.3 is 5.97 Å². The molecule has 0 atom stereocenters. The van der Waals surface area contributed by atoms with Gasteiger partial charge in [0.25, 0.3) is 0 Å². The minimum absolute atomic E-state index is 0.372. The third-order valence-electron chi connectivity index (χ3n) is 4.69. The normalized spacial score (nSPS) is 15.1. The summed E-state index contributed by atoms with van der Waals surface area (Å²) in [6, 6.07) is 7.83. The quantitative estimate of drug-likeness (QED) is 0.717. The molecular weight excluding hydrogens is 290 g/mol. The summed E-state index contributed by atoms with van der Waals surface area (Å²) in [6.45, 7) is 0.745. The summed E-state index contributed by atoms with van der Waals surface area (Å²) in [5, 5.41) is 17.9. The van der Waals surface area contributed by atoms with Gasteiger partial charge in [-0.3, -0.25) is 5.10 Å². The van der Waals surface area contributed by atoms with Crippen LogP contribution in [0.2, 0.25) is 0 Å². The Kier molecular flexibility index (Phi) is 3.41. The minimum Gasteiger partial charge on any atom is -0.477 e. The van der Waals surface area contributed by atoms with Gasteiger partial charge in [0.15, 0.2) is 0 Å². The second-order valence-corrected chi connectivity index (χ2v) is 6.14. The molecule has 0 fully saturated rings. The van der Waals surface area contributed by atoms with Crippen LogP contribution < -0.4 is 0 Å². The van der Waals surface area contributed by atoms with Crippen LogP contribution in [0.1, 0.15) is 41.9 Å². The molecule has 5 nitrogen and oxygen atoms in total. The third-order valence-corrected chi connectivity index (χ3v) is 4.69. The van der Waals surface area contributed by atoms with Crippen molar-refractivity contribution in [3.05, 3.63) is 41.9 Å². The van der Waals surface area contributed by atoms with E-state index in [2.05, 4.69) is 16.3 Å². The molecule has 2 aromatic heterocycles. The zero-order valence-corrected chi connectivity index (χ0v) is 12.9. The maximum absolute atomic E-state index is 11.7. The highest BCUT2D eigenvalue weighted by Gasteiger charge is 2.20. The summed E-state index contributed by atoms with van der Waals surface area (Å²) in [5.74, 6) is -0.866. The predicted octanol–water partition coefficient (Wildman–Crippen LogP) is 3.85. The van der Waals surface area contributed by atoms with E-state index in [9.17, 15) is 9.90 Å². The average Bonchev–Trinajstić information content (AvgIpc) is 3.14. The third kappa shape index (κ3) is 2.32. The van der Waals surface area contributed by atoms with Crippen molar-refractivity contribution in [2.24, 2.45) is 0 Å². The number of nitrogens with one attached hydrogen (secondary N) is 1. The van der Waals surface area contributed by atoms with Gasteiger partial charge in [-0.1, -0.05) is 31.0 Å². The van der Waals surface area contributed by atoms with Crippen molar-refractivity contribution >= 4 is 16.9 Å². The highest BCUT2D eigenvalue weighted by Crippen LogP contribution is 2.34. The van der Waals surface area contributed by atoms with E-state index in [0.29, 0.717) is 5.69 Å². The maximum atomic E-state index is 11.7. The standard InChI is InChI=1S/C18H19N3O2/c22-18(23)16-10-12-6-5-7-13-14-11-19-20-15(14)8-3-1-2-4-9-21(16)17(12)13/h5-7,10-11H,1-4,8-9H2,(H,19,20)(H,22,23). The van der Waals surface area contributed by atoms with Crippen LogP contribution in [0.3, 0.4) is 0 Å². The number of carboxylic acids is 1. The molecule has 0 radical (unpaired) electrons. The molecule has 118 valence electrons. The molecule has 0 aliphatic carbocycles. The number of benzene rings is 1. The van der Waals surface area contributed by atoms with Gasteiger partial charge in [-0.15, -0.1) is 0 Å². The monoisotopic (exact) mass is 309 g/mol. The number of fused-ring (bicyclic) bond motifs is 2. The Balaban J connectivity index is 2.03. The lowest BCUT2D eigenvalue weighted by molar-refractivity contribution is 0.0685. The van der Waals surface area contributed by atoms with Gasteiger partial charge < -0.3 is 9.67 Å². The maximum Gasteiger partial charge on any atom is 0.352 e. The SMILES string of the molecule is O=C(O)c1cc2cccc3c2n1CCCCCCc1n[nH]cc1-3. The van der Waals surface area contributed by atoms with E-state index >= 15 is 0 Å². The van der Waals surface area contributed by atoms with Gasteiger partial charge in [0.05, 0.1) is 11.2 Å². The smallest absolute Gasteiger partial charge is 0.352 e. The van der Waals surface area contributed by atoms with Crippen molar-refractivity contribution in [1.29, 1.82) is 0 Å². The number of aromatic nitrogens is 3. The largest absolute Gasteiger partial charge is 0.477 e. The van der Waals surface area contributed by atoms with Crippen LogP contribution in [0.4, 0.5) is 0 Å². The van der Waals surface area contributed by atoms with Crippen molar-refractivity contribution in [2.45, 2.75) is 38.6 Å². The summed E-state index contributed by atoms with van der Waals surface area (Å²) >= 11 is 0. The van der Waals surface area contributed by atoms with Gasteiger partial charge in [-0.05, 0) is 25.3 Å². The van der Waals surface area contributed by atoms with Crippen molar-refractivity contribution in [2.75, 3.05) is 0 Å². The Labute approximate surface area is 133 Å². The van der Waals surface area contributed by atoms with Gasteiger partial charge in [-0.25, -0.2) is 4.79 Å². The van der Waals surface area contributed by atoms with Gasteiger partial charge in [-0.2, -0.15) is 5.10 Å². The average molecular weight is 309 g/mol. The van der Waals surface area contributed by atoms with E-state index in [0.717, 1.165) is 66.4 Å². The Morgan fingerprint density at radius 2 is 2.04 bits per heavy atom. The Morgan fingerprint density at radius 1 is 1.17 bits per heavy atom. The number of para-hydroxylation sites is 1. The fourth-order valence-corrected chi connectivity index (χ4v) is 3.61. The molecule has 0 spiro atoms. The minimum atomic E-state index is -0.866. The molecule has 3 aromatic rings. The summed E-state index contributed by atoms with van der Waals surface area (Å²) in [6.07, 6.45) is 7.27. The van der Waals surface area contributed by atoms with Gasteiger partial charge in [0.1, 0.15) is 5.69 Å². The summed E-state index contributed by atoms with van der Waals surface area (Å²) < 4.78 is 1.97. The van der Waals surface area contributed by atoms with E-state index in [1.807, 2.05) is 22.9 Å². The lowest BCUT2D eigenvalue weighted by Gasteiger charge is -2.11. The van der Waals surface area contributed by atoms with Crippen LogP contribution in [0, 0.1) is 0 Å². The fraction of sp³-hybridized carbons (Fsp3) is 0.333. The van der Waals surface area contributed by atoms with Gasteiger partial charge in [0, 0.05) is 29.3 Å². The van der Waals surface area contributed by atoms with Crippen molar-refractivity contribution < 1.29 is 9.90 Å². The van der Waals surface area contributed by atoms with E-state index in [1.54, 1.807) is 6.07 Å². The first-order valence-corrected chi connectivity index (χ1v) is 8.14. The molecule has 0 amide bonds. The number of carboxylic acid groups (broad SMARTS) is 1. The van der Waals surface area contributed by atoms with Crippen molar-refractivity contribution in [1.82, 2.24) is 14.8 Å². The first kappa shape index (κ1) is 14.1. The van der Waals surface area contributed by atoms with Crippen LogP contribution >= 0.6 is 0 Å².